The molecule has 2 fully saturated rings. The van der Waals surface area contributed by atoms with E-state index < -0.39 is 17.8 Å². The van der Waals surface area contributed by atoms with Crippen LogP contribution in [0.15, 0.2) is 36.8 Å². The normalized spacial score (nSPS) is 17.6. The molecule has 1 atom stereocenters. The van der Waals surface area contributed by atoms with Crippen LogP contribution in [0, 0.1) is 5.92 Å². The quantitative estimate of drug-likeness (QED) is 0.184. The number of ether oxygens (including phenoxy) is 3. The maximum atomic E-state index is 14.0. The lowest BCUT2D eigenvalue weighted by molar-refractivity contribution is -0.142. The fourth-order valence-corrected chi connectivity index (χ4v) is 6.41. The van der Waals surface area contributed by atoms with Crippen LogP contribution < -0.4 is 15.4 Å². The number of likely N-dealkylation sites (tertiary alicyclic amines) is 1. The molecule has 11 heteroatoms. The van der Waals surface area contributed by atoms with Crippen molar-refractivity contribution in [3.8, 4) is 5.75 Å². The number of hydrogen-bond donors (Lipinski definition) is 3. The van der Waals surface area contributed by atoms with Crippen molar-refractivity contribution >= 4 is 29.4 Å². The largest absolute Gasteiger partial charge is 0.508 e. The van der Waals surface area contributed by atoms with E-state index in [2.05, 4.69) is 20.6 Å². The number of amides is 1. The molecule has 0 radical (unpaired) electrons. The second-order valence-corrected chi connectivity index (χ2v) is 11.6. The molecule has 42 heavy (non-hydrogen) atoms. The zero-order chi connectivity index (χ0) is 29.8. The number of carbonyl (C=O) groups is 2. The van der Waals surface area contributed by atoms with E-state index in [0.29, 0.717) is 49.9 Å². The number of piperidine rings is 1. The Labute approximate surface area is 254 Å². The van der Waals surface area contributed by atoms with Gasteiger partial charge in [-0.3, -0.25) is 4.79 Å². The van der Waals surface area contributed by atoms with Crippen LogP contribution in [0.4, 0.5) is 4.79 Å². The third kappa shape index (κ3) is 8.83. The minimum absolute atomic E-state index is 0.0131. The molecule has 1 aliphatic carbocycles. The van der Waals surface area contributed by atoms with Crippen molar-refractivity contribution < 1.29 is 23.8 Å². The maximum Gasteiger partial charge on any atom is 0.508 e. The molecule has 1 amide bonds. The van der Waals surface area contributed by atoms with Crippen LogP contribution in [0.1, 0.15) is 69.5 Å². The number of aryl methyl sites for hydroxylation is 1. The number of rotatable bonds is 12. The van der Waals surface area contributed by atoms with Gasteiger partial charge in [-0.15, -0.1) is 0 Å². The Morgan fingerprint density at radius 3 is 2.55 bits per heavy atom. The average molecular weight is 600 g/mol. The predicted molar refractivity (Wildman–Crippen MR) is 164 cm³/mol. The number of aromatic amines is 1. The van der Waals surface area contributed by atoms with E-state index in [1.54, 1.807) is 20.4 Å². The highest BCUT2D eigenvalue weighted by atomic mass is 32.1. The van der Waals surface area contributed by atoms with Gasteiger partial charge in [-0.1, -0.05) is 31.4 Å². The number of methoxy groups -OCH3 is 1. The van der Waals surface area contributed by atoms with Gasteiger partial charge in [-0.2, -0.15) is 0 Å². The number of hydrogen-bond acceptors (Lipinski definition) is 7. The molecule has 230 valence electrons. The molecular formula is C31H45N5O5S. The molecule has 1 saturated carbocycles. The summed E-state index contributed by atoms with van der Waals surface area (Å²) in [5, 5.41) is 6.99. The van der Waals surface area contributed by atoms with Crippen molar-refractivity contribution in [2.24, 2.45) is 5.92 Å². The first-order valence-corrected chi connectivity index (χ1v) is 15.6. The molecule has 4 rings (SSSR count). The number of benzene rings is 1. The summed E-state index contributed by atoms with van der Waals surface area (Å²) in [6, 6.07) is 7.20. The molecule has 1 aromatic heterocycles. The first-order chi connectivity index (χ1) is 20.4. The highest BCUT2D eigenvalue weighted by Gasteiger charge is 2.46. The summed E-state index contributed by atoms with van der Waals surface area (Å²) >= 11 is 5.61. The first kappa shape index (κ1) is 31.6. The highest BCUT2D eigenvalue weighted by Crippen LogP contribution is 2.42. The van der Waals surface area contributed by atoms with Gasteiger partial charge in [0.2, 0.25) is 5.91 Å². The van der Waals surface area contributed by atoms with Crippen LogP contribution in [-0.2, 0) is 27.1 Å². The van der Waals surface area contributed by atoms with Gasteiger partial charge in [-0.25, -0.2) is 9.78 Å². The lowest BCUT2D eigenvalue weighted by atomic mass is 9.72. The molecule has 2 aliphatic rings. The van der Waals surface area contributed by atoms with Gasteiger partial charge >= 0.3 is 6.16 Å². The summed E-state index contributed by atoms with van der Waals surface area (Å²) < 4.78 is 16.5. The van der Waals surface area contributed by atoms with Gasteiger partial charge < -0.3 is 34.7 Å². The Balaban J connectivity index is 1.40. The smallest absolute Gasteiger partial charge is 0.497 e. The number of imidazole rings is 1. The molecule has 1 aromatic carbocycles. The number of H-pyrrole nitrogens is 1. The average Bonchev–Trinajstić information content (AvgIpc) is 3.54. The van der Waals surface area contributed by atoms with Crippen LogP contribution in [0.25, 0.3) is 0 Å². The van der Waals surface area contributed by atoms with Crippen LogP contribution in [0.5, 0.6) is 5.75 Å². The van der Waals surface area contributed by atoms with E-state index in [4.69, 9.17) is 26.4 Å². The third-order valence-electron chi connectivity index (χ3n) is 8.49. The van der Waals surface area contributed by atoms with Gasteiger partial charge in [0.05, 0.1) is 20.0 Å². The van der Waals surface area contributed by atoms with E-state index in [9.17, 15) is 9.59 Å². The molecule has 2 heterocycles. The summed E-state index contributed by atoms with van der Waals surface area (Å²) in [6.45, 7) is 3.76. The Hall–Kier alpha value is -3.34. The van der Waals surface area contributed by atoms with Crippen LogP contribution in [0.2, 0.25) is 0 Å². The van der Waals surface area contributed by atoms with Gasteiger partial charge in [0.1, 0.15) is 17.4 Å². The number of nitrogens with zero attached hydrogens (tertiary/aromatic N) is 2. The molecule has 0 unspecified atom stereocenters. The van der Waals surface area contributed by atoms with Crippen molar-refractivity contribution in [1.29, 1.82) is 0 Å². The van der Waals surface area contributed by atoms with E-state index in [1.165, 1.54) is 6.42 Å². The van der Waals surface area contributed by atoms with Crippen molar-refractivity contribution in [2.45, 2.75) is 82.8 Å². The van der Waals surface area contributed by atoms with E-state index in [1.807, 2.05) is 35.4 Å². The highest BCUT2D eigenvalue weighted by molar-refractivity contribution is 7.80. The Morgan fingerprint density at radius 1 is 1.17 bits per heavy atom. The lowest BCUT2D eigenvalue weighted by Gasteiger charge is -2.47. The summed E-state index contributed by atoms with van der Waals surface area (Å²) in [7, 11) is 1.63. The minimum atomic E-state index is -0.606. The summed E-state index contributed by atoms with van der Waals surface area (Å²) in [6.07, 6.45) is 11.9. The van der Waals surface area contributed by atoms with E-state index >= 15 is 0 Å². The monoisotopic (exact) mass is 599 g/mol. The zero-order valence-corrected chi connectivity index (χ0v) is 25.7. The van der Waals surface area contributed by atoms with Crippen LogP contribution in [0.3, 0.4) is 0 Å². The summed E-state index contributed by atoms with van der Waals surface area (Å²) in [5.41, 5.74) is 1.49. The number of aromatic nitrogens is 2. The standard InChI is InChI=1S/C31H45N5O5S/c1-3-40-30(38)41-31(24-8-5-4-6-9-24)15-18-36(19-16-31)28(37)27(20-23-11-13-26(39-2)14-12-23)35-29(42)33-17-7-10-25-21-32-22-34-25/h11-14,21-22,24,27H,3-10,15-20H2,1-2H3,(H,32,34)(H2,33,35,42)/t27-/m1/s1. The molecule has 3 N–H and O–H groups in total. The maximum absolute atomic E-state index is 14.0. The molecule has 0 bridgehead atoms. The fraction of sp³-hybridized carbons (Fsp3) is 0.613. The number of thiocarbonyl (C=S) groups is 1. The van der Waals surface area contributed by atoms with E-state index in [0.717, 1.165) is 55.5 Å². The first-order valence-electron chi connectivity index (χ1n) is 15.2. The van der Waals surface area contributed by atoms with E-state index in [-0.39, 0.29) is 12.5 Å². The Kier molecular flexibility index (Phi) is 11.9. The minimum Gasteiger partial charge on any atom is -0.497 e. The molecule has 2 aromatic rings. The van der Waals surface area contributed by atoms with Gasteiger partial charge in [-0.05, 0) is 68.4 Å². The second-order valence-electron chi connectivity index (χ2n) is 11.2. The number of carbonyl (C=O) groups excluding carboxylic acids is 2. The fourth-order valence-electron chi connectivity index (χ4n) is 6.17. The molecular weight excluding hydrogens is 554 g/mol. The predicted octanol–water partition coefficient (Wildman–Crippen LogP) is 4.54. The zero-order valence-electron chi connectivity index (χ0n) is 24.9. The lowest BCUT2D eigenvalue weighted by Crippen LogP contribution is -2.57. The van der Waals surface area contributed by atoms with Crippen molar-refractivity contribution in [1.82, 2.24) is 25.5 Å². The third-order valence-corrected chi connectivity index (χ3v) is 8.75. The van der Waals surface area contributed by atoms with Gasteiger partial charge in [0, 0.05) is 50.8 Å². The van der Waals surface area contributed by atoms with Crippen molar-refractivity contribution in [2.75, 3.05) is 33.4 Å². The molecule has 0 spiro atoms. The molecule has 1 aliphatic heterocycles. The van der Waals surface area contributed by atoms with Crippen molar-refractivity contribution in [3.05, 3.63) is 48.0 Å². The SMILES string of the molecule is CCOC(=O)OC1(C2CCCCC2)CCN(C(=O)[C@@H](Cc2ccc(OC)cc2)NC(=S)NCCCc2cnc[nH]2)CC1. The number of nitrogens with one attached hydrogen (secondary N) is 3. The topological polar surface area (TPSA) is 118 Å². The molecule has 1 saturated heterocycles. The van der Waals surface area contributed by atoms with Gasteiger partial charge in [0.15, 0.2) is 5.11 Å². The van der Waals surface area contributed by atoms with Crippen molar-refractivity contribution in [3.63, 3.8) is 0 Å². The molecule has 10 nitrogen and oxygen atoms in total. The Morgan fingerprint density at radius 2 is 1.90 bits per heavy atom. The summed E-state index contributed by atoms with van der Waals surface area (Å²) in [5.74, 6) is 1.04. The van der Waals surface area contributed by atoms with Crippen LogP contribution >= 0.6 is 12.2 Å². The Bertz CT molecular complexity index is 1130. The van der Waals surface area contributed by atoms with Gasteiger partial charge in [0.25, 0.3) is 0 Å². The van der Waals surface area contributed by atoms with Crippen LogP contribution in [-0.4, -0.2) is 77.0 Å². The summed E-state index contributed by atoms with van der Waals surface area (Å²) in [4.78, 5) is 35.5. The second kappa shape index (κ2) is 15.8.